The summed E-state index contributed by atoms with van der Waals surface area (Å²) >= 11 is 1.86. The fourth-order valence-electron chi connectivity index (χ4n) is 6.17. The third kappa shape index (κ3) is 3.02. The molecule has 6 aromatic carbocycles. The number of para-hydroxylation sites is 2. The Hall–Kier alpha value is -4.86. The Labute approximate surface area is 227 Å². The van der Waals surface area contributed by atoms with Crippen molar-refractivity contribution < 1.29 is 4.42 Å². The van der Waals surface area contributed by atoms with Gasteiger partial charge in [0.1, 0.15) is 11.2 Å². The lowest BCUT2D eigenvalue weighted by Crippen LogP contribution is -1.93. The SMILES string of the molecule is c1ccc2c(c1)oc1cc3c4ccccc4n(-c4ccc(-c5ccc6sc7ccccc7c6c5)cc4)c3cc12. The number of rotatable bonds is 2. The zero-order chi connectivity index (χ0) is 25.5. The second kappa shape index (κ2) is 7.83. The van der Waals surface area contributed by atoms with Crippen LogP contribution in [0.5, 0.6) is 0 Å². The van der Waals surface area contributed by atoms with Gasteiger partial charge in [-0.2, -0.15) is 0 Å². The Morgan fingerprint density at radius 1 is 0.436 bits per heavy atom. The van der Waals surface area contributed by atoms with Crippen molar-refractivity contribution >= 4 is 75.3 Å². The van der Waals surface area contributed by atoms with Crippen LogP contribution in [0.1, 0.15) is 0 Å². The van der Waals surface area contributed by atoms with E-state index in [2.05, 4.69) is 120 Å². The molecule has 0 saturated heterocycles. The van der Waals surface area contributed by atoms with Crippen LogP contribution in [0.2, 0.25) is 0 Å². The Morgan fingerprint density at radius 2 is 1.15 bits per heavy atom. The quantitative estimate of drug-likeness (QED) is 0.224. The lowest BCUT2D eigenvalue weighted by Gasteiger charge is -2.10. The molecule has 0 radical (unpaired) electrons. The highest BCUT2D eigenvalue weighted by molar-refractivity contribution is 7.25. The highest BCUT2D eigenvalue weighted by atomic mass is 32.1. The minimum atomic E-state index is 0.927. The summed E-state index contributed by atoms with van der Waals surface area (Å²) in [6, 6.07) is 45.9. The van der Waals surface area contributed by atoms with E-state index in [1.165, 1.54) is 53.1 Å². The Morgan fingerprint density at radius 3 is 2.05 bits per heavy atom. The molecule has 9 rings (SSSR count). The highest BCUT2D eigenvalue weighted by Gasteiger charge is 2.16. The van der Waals surface area contributed by atoms with E-state index in [9.17, 15) is 0 Å². The first-order chi connectivity index (χ1) is 19.3. The van der Waals surface area contributed by atoms with Crippen molar-refractivity contribution in [3.63, 3.8) is 0 Å². The van der Waals surface area contributed by atoms with Crippen molar-refractivity contribution in [3.8, 4) is 16.8 Å². The molecule has 0 amide bonds. The number of nitrogens with zero attached hydrogens (tertiary/aromatic N) is 1. The molecule has 0 unspecified atom stereocenters. The average Bonchev–Trinajstić information content (AvgIpc) is 3.65. The van der Waals surface area contributed by atoms with Crippen molar-refractivity contribution in [1.29, 1.82) is 0 Å². The molecule has 3 aromatic heterocycles. The summed E-state index contributed by atoms with van der Waals surface area (Å²) in [5.41, 5.74) is 7.86. The van der Waals surface area contributed by atoms with Gasteiger partial charge >= 0.3 is 0 Å². The molecule has 0 aliphatic heterocycles. The monoisotopic (exact) mass is 515 g/mol. The second-order valence-corrected chi connectivity index (χ2v) is 11.3. The van der Waals surface area contributed by atoms with Gasteiger partial charge in [0.2, 0.25) is 0 Å². The first kappa shape index (κ1) is 21.1. The lowest BCUT2D eigenvalue weighted by molar-refractivity contribution is 0.669. The molecule has 0 aliphatic rings. The number of thiophene rings is 1. The topological polar surface area (TPSA) is 18.1 Å². The van der Waals surface area contributed by atoms with Gasteiger partial charge in [-0.05, 0) is 65.7 Å². The third-order valence-electron chi connectivity index (χ3n) is 8.01. The normalized spacial score (nSPS) is 12.1. The molecule has 9 aromatic rings. The van der Waals surface area contributed by atoms with Crippen LogP contribution >= 0.6 is 11.3 Å². The minimum absolute atomic E-state index is 0.927. The molecule has 0 fully saturated rings. The van der Waals surface area contributed by atoms with Gasteiger partial charge in [-0.25, -0.2) is 0 Å². The Kier molecular flexibility index (Phi) is 4.24. The van der Waals surface area contributed by atoms with Crippen LogP contribution in [-0.2, 0) is 0 Å². The molecule has 3 heterocycles. The van der Waals surface area contributed by atoms with Crippen molar-refractivity contribution in [2.24, 2.45) is 0 Å². The highest BCUT2D eigenvalue weighted by Crippen LogP contribution is 2.39. The fourth-order valence-corrected chi connectivity index (χ4v) is 7.26. The molecule has 0 atom stereocenters. The maximum atomic E-state index is 6.23. The van der Waals surface area contributed by atoms with Crippen molar-refractivity contribution in [2.45, 2.75) is 0 Å². The van der Waals surface area contributed by atoms with Gasteiger partial charge < -0.3 is 8.98 Å². The molecule has 182 valence electrons. The molecule has 0 spiro atoms. The Balaban J connectivity index is 1.24. The molecule has 0 aliphatic carbocycles. The maximum absolute atomic E-state index is 6.23. The summed E-state index contributed by atoms with van der Waals surface area (Å²) in [5.74, 6) is 0. The van der Waals surface area contributed by atoms with E-state index < -0.39 is 0 Å². The number of benzene rings is 6. The van der Waals surface area contributed by atoms with Gasteiger partial charge in [-0.3, -0.25) is 0 Å². The van der Waals surface area contributed by atoms with Crippen LogP contribution in [-0.4, -0.2) is 4.57 Å². The van der Waals surface area contributed by atoms with Gasteiger partial charge in [-0.15, -0.1) is 11.3 Å². The van der Waals surface area contributed by atoms with E-state index in [4.69, 9.17) is 4.42 Å². The molecular formula is C36H21NOS. The number of fused-ring (bicyclic) bond motifs is 9. The second-order valence-electron chi connectivity index (χ2n) is 10.2. The van der Waals surface area contributed by atoms with Crippen LogP contribution in [0.25, 0.3) is 80.7 Å². The molecule has 0 bridgehead atoms. The first-order valence-corrected chi connectivity index (χ1v) is 14.0. The zero-order valence-electron chi connectivity index (χ0n) is 20.9. The predicted molar refractivity (Wildman–Crippen MR) is 166 cm³/mol. The first-order valence-electron chi connectivity index (χ1n) is 13.2. The molecular weight excluding hydrogens is 494 g/mol. The van der Waals surface area contributed by atoms with Gasteiger partial charge in [0.25, 0.3) is 0 Å². The molecule has 0 saturated carbocycles. The van der Waals surface area contributed by atoms with Gasteiger partial charge in [0, 0.05) is 47.4 Å². The molecule has 2 nitrogen and oxygen atoms in total. The third-order valence-corrected chi connectivity index (χ3v) is 9.16. The van der Waals surface area contributed by atoms with Crippen molar-refractivity contribution in [3.05, 3.63) is 127 Å². The van der Waals surface area contributed by atoms with E-state index in [0.717, 1.165) is 27.6 Å². The summed E-state index contributed by atoms with van der Waals surface area (Å²) in [6.45, 7) is 0. The zero-order valence-corrected chi connectivity index (χ0v) is 21.7. The predicted octanol–water partition coefficient (Wildman–Crippen LogP) is 10.7. The summed E-state index contributed by atoms with van der Waals surface area (Å²) < 4.78 is 11.3. The van der Waals surface area contributed by atoms with Crippen LogP contribution < -0.4 is 0 Å². The van der Waals surface area contributed by atoms with Crippen molar-refractivity contribution in [2.75, 3.05) is 0 Å². The number of hydrogen-bond acceptors (Lipinski definition) is 2. The number of furan rings is 1. The van der Waals surface area contributed by atoms with Crippen LogP contribution in [0.3, 0.4) is 0 Å². The van der Waals surface area contributed by atoms with Crippen LogP contribution in [0, 0.1) is 0 Å². The summed E-state index contributed by atoms with van der Waals surface area (Å²) in [5, 5.41) is 7.40. The average molecular weight is 516 g/mol. The fraction of sp³-hybridized carbons (Fsp3) is 0. The number of aromatic nitrogens is 1. The van der Waals surface area contributed by atoms with Gasteiger partial charge in [-0.1, -0.05) is 72.8 Å². The molecule has 0 N–H and O–H groups in total. The minimum Gasteiger partial charge on any atom is -0.456 e. The van der Waals surface area contributed by atoms with Gasteiger partial charge in [0.05, 0.1) is 11.0 Å². The molecule has 3 heteroatoms. The largest absolute Gasteiger partial charge is 0.456 e. The summed E-state index contributed by atoms with van der Waals surface area (Å²) in [4.78, 5) is 0. The van der Waals surface area contributed by atoms with Crippen LogP contribution in [0.15, 0.2) is 132 Å². The van der Waals surface area contributed by atoms with E-state index in [1.807, 2.05) is 23.5 Å². The van der Waals surface area contributed by atoms with E-state index >= 15 is 0 Å². The van der Waals surface area contributed by atoms with Gasteiger partial charge in [0.15, 0.2) is 0 Å². The Bertz CT molecular complexity index is 2380. The summed E-state index contributed by atoms with van der Waals surface area (Å²) in [6.07, 6.45) is 0. The lowest BCUT2D eigenvalue weighted by atomic mass is 10.0. The standard InChI is InChI=1S/C36H21NOS/c1-4-10-31-25(7-1)28-21-34-29(26-8-2-5-11-33(26)38-34)20-32(28)37(31)24-16-13-22(14-17-24)23-15-18-36-30(19-23)27-9-3-6-12-35(27)39-36/h1-21H. The van der Waals surface area contributed by atoms with E-state index in [-0.39, 0.29) is 0 Å². The molecule has 39 heavy (non-hydrogen) atoms. The number of hydrogen-bond donors (Lipinski definition) is 0. The maximum Gasteiger partial charge on any atom is 0.136 e. The van der Waals surface area contributed by atoms with E-state index in [1.54, 1.807) is 0 Å². The van der Waals surface area contributed by atoms with Crippen molar-refractivity contribution in [1.82, 2.24) is 4.57 Å². The van der Waals surface area contributed by atoms with E-state index in [0.29, 0.717) is 0 Å². The van der Waals surface area contributed by atoms with Crippen LogP contribution in [0.4, 0.5) is 0 Å². The smallest absolute Gasteiger partial charge is 0.136 e. The summed E-state index contributed by atoms with van der Waals surface area (Å²) in [7, 11) is 0.